The summed E-state index contributed by atoms with van der Waals surface area (Å²) in [4.78, 5) is 20.2. The van der Waals surface area contributed by atoms with Crippen LogP contribution >= 0.6 is 0 Å². The molecule has 8 rings (SSSR count). The minimum Gasteiger partial charge on any atom is -0.254 e. The van der Waals surface area contributed by atoms with Crippen LogP contribution in [0, 0.1) is 12.1 Å². The minimum absolute atomic E-state index is 0.772. The molecule has 4 heteroatoms. The molecule has 204 valence electrons. The van der Waals surface area contributed by atoms with Gasteiger partial charge in [0, 0.05) is 45.4 Å². The zero-order valence-electron chi connectivity index (χ0n) is 23.6. The lowest BCUT2D eigenvalue weighted by molar-refractivity contribution is 1.26. The van der Waals surface area contributed by atoms with Gasteiger partial charge in [-0.3, -0.25) is 9.97 Å². The van der Waals surface area contributed by atoms with E-state index >= 15 is 0 Å². The van der Waals surface area contributed by atoms with Gasteiger partial charge in [-0.15, -0.1) is 0 Å². The molecule has 0 unspecified atom stereocenters. The zero-order chi connectivity index (χ0) is 29.3. The summed E-state index contributed by atoms with van der Waals surface area (Å²) in [6.07, 6.45) is 3.63. The van der Waals surface area contributed by atoms with Crippen LogP contribution in [0.15, 0.2) is 146 Å². The predicted octanol–water partition coefficient (Wildman–Crippen LogP) is 9.51. The van der Waals surface area contributed by atoms with Crippen LogP contribution in [-0.4, -0.2) is 19.9 Å². The van der Waals surface area contributed by atoms with Gasteiger partial charge >= 0.3 is 0 Å². The maximum absolute atomic E-state index is 5.21. The van der Waals surface area contributed by atoms with E-state index in [1.54, 1.807) is 0 Å². The van der Waals surface area contributed by atoms with Crippen molar-refractivity contribution in [3.05, 3.63) is 158 Å². The number of aromatic nitrogens is 4. The topological polar surface area (TPSA) is 51.6 Å². The Labute approximate surface area is 255 Å². The van der Waals surface area contributed by atoms with Crippen molar-refractivity contribution in [3.8, 4) is 56.2 Å². The highest BCUT2D eigenvalue weighted by Gasteiger charge is 2.19. The Hall–Kier alpha value is -6.00. The summed E-state index contributed by atoms with van der Waals surface area (Å²) in [5.41, 5.74) is 11.4. The van der Waals surface area contributed by atoms with Gasteiger partial charge < -0.3 is 0 Å². The number of pyridine rings is 4. The third-order valence-electron chi connectivity index (χ3n) is 7.86. The fraction of sp³-hybridized carbons (Fsp3) is 0. The lowest BCUT2D eigenvalue weighted by atomic mass is 9.95. The Kier molecular flexibility index (Phi) is 6.43. The van der Waals surface area contributed by atoms with Crippen molar-refractivity contribution in [3.63, 3.8) is 0 Å². The van der Waals surface area contributed by atoms with Gasteiger partial charge in [0.25, 0.3) is 0 Å². The fourth-order valence-electron chi connectivity index (χ4n) is 5.77. The highest BCUT2D eigenvalue weighted by atomic mass is 14.8. The SMILES string of the molecule is [c]1ccc(-c2nc3ccnc(-c4nccc5nc(-c6cc[c]cc6)c(-c6ccccc6)cc45)c3cc2-c2ccccc2)cc1. The number of nitrogens with zero attached hydrogens (tertiary/aromatic N) is 4. The van der Waals surface area contributed by atoms with E-state index in [4.69, 9.17) is 19.9 Å². The highest BCUT2D eigenvalue weighted by molar-refractivity contribution is 6.05. The summed E-state index contributed by atoms with van der Waals surface area (Å²) < 4.78 is 0. The van der Waals surface area contributed by atoms with E-state index in [0.29, 0.717) is 0 Å². The normalized spacial score (nSPS) is 11.2. The molecule has 0 bridgehead atoms. The van der Waals surface area contributed by atoms with Gasteiger partial charge in [0.1, 0.15) is 0 Å². The lowest BCUT2D eigenvalue weighted by Gasteiger charge is -2.15. The Morgan fingerprint density at radius 2 is 0.795 bits per heavy atom. The maximum Gasteiger partial charge on any atom is 0.0987 e. The molecule has 0 saturated heterocycles. The molecule has 0 aliphatic carbocycles. The monoisotopic (exact) mass is 560 g/mol. The minimum atomic E-state index is 0.772. The predicted molar refractivity (Wildman–Crippen MR) is 177 cm³/mol. The summed E-state index contributed by atoms with van der Waals surface area (Å²) in [5.74, 6) is 0. The van der Waals surface area contributed by atoms with E-state index in [1.807, 2.05) is 85.2 Å². The van der Waals surface area contributed by atoms with E-state index in [1.165, 1.54) is 0 Å². The van der Waals surface area contributed by atoms with Crippen LogP contribution in [0.4, 0.5) is 0 Å². The summed E-state index contributed by atoms with van der Waals surface area (Å²) in [6, 6.07) is 51.2. The first kappa shape index (κ1) is 25.7. The molecule has 0 saturated carbocycles. The van der Waals surface area contributed by atoms with Crippen LogP contribution in [0.1, 0.15) is 0 Å². The van der Waals surface area contributed by atoms with Gasteiger partial charge in [-0.25, -0.2) is 9.97 Å². The molecule has 0 spiro atoms. The number of rotatable bonds is 5. The number of hydrogen-bond donors (Lipinski definition) is 0. The second-order valence-corrected chi connectivity index (χ2v) is 10.5. The lowest BCUT2D eigenvalue weighted by Crippen LogP contribution is -1.98. The summed E-state index contributed by atoms with van der Waals surface area (Å²) in [7, 11) is 0. The van der Waals surface area contributed by atoms with Gasteiger partial charge in [-0.05, 0) is 47.5 Å². The number of benzene rings is 4. The summed E-state index contributed by atoms with van der Waals surface area (Å²) in [6.45, 7) is 0. The van der Waals surface area contributed by atoms with Crippen molar-refractivity contribution in [1.29, 1.82) is 0 Å². The van der Waals surface area contributed by atoms with E-state index in [2.05, 4.69) is 72.8 Å². The molecule has 0 aliphatic heterocycles. The molecule has 0 aliphatic rings. The highest BCUT2D eigenvalue weighted by Crippen LogP contribution is 2.39. The molecule has 2 radical (unpaired) electrons. The van der Waals surface area contributed by atoms with Gasteiger partial charge in [0.2, 0.25) is 0 Å². The molecular weight excluding hydrogens is 536 g/mol. The van der Waals surface area contributed by atoms with E-state index in [0.717, 1.165) is 78.0 Å². The van der Waals surface area contributed by atoms with E-state index in [9.17, 15) is 0 Å². The summed E-state index contributed by atoms with van der Waals surface area (Å²) >= 11 is 0. The quantitative estimate of drug-likeness (QED) is 0.210. The van der Waals surface area contributed by atoms with Crippen molar-refractivity contribution < 1.29 is 0 Å². The van der Waals surface area contributed by atoms with Gasteiger partial charge in [-0.2, -0.15) is 0 Å². The van der Waals surface area contributed by atoms with E-state index in [-0.39, 0.29) is 0 Å². The molecule has 4 nitrogen and oxygen atoms in total. The number of hydrogen-bond acceptors (Lipinski definition) is 4. The van der Waals surface area contributed by atoms with Crippen LogP contribution in [0.25, 0.3) is 78.0 Å². The Bertz CT molecular complexity index is 2090. The van der Waals surface area contributed by atoms with Crippen molar-refractivity contribution in [2.75, 3.05) is 0 Å². The molecule has 4 heterocycles. The largest absolute Gasteiger partial charge is 0.254 e. The van der Waals surface area contributed by atoms with Crippen molar-refractivity contribution in [2.45, 2.75) is 0 Å². The Balaban J connectivity index is 1.40. The second kappa shape index (κ2) is 11.0. The average molecular weight is 561 g/mol. The van der Waals surface area contributed by atoms with Crippen molar-refractivity contribution >= 4 is 21.8 Å². The third kappa shape index (κ3) is 4.59. The van der Waals surface area contributed by atoms with Gasteiger partial charge in [-0.1, -0.05) is 109 Å². The van der Waals surface area contributed by atoms with Gasteiger partial charge in [0.05, 0.1) is 33.8 Å². The Morgan fingerprint density at radius 3 is 1.20 bits per heavy atom. The first-order chi connectivity index (χ1) is 21.8. The number of fused-ring (bicyclic) bond motifs is 2. The smallest absolute Gasteiger partial charge is 0.0987 e. The molecule has 4 aromatic heterocycles. The van der Waals surface area contributed by atoms with E-state index < -0.39 is 0 Å². The van der Waals surface area contributed by atoms with Gasteiger partial charge in [0.15, 0.2) is 0 Å². The average Bonchev–Trinajstić information content (AvgIpc) is 3.11. The third-order valence-corrected chi connectivity index (χ3v) is 7.86. The molecular formula is C40H24N4. The molecule has 8 aromatic rings. The molecule has 0 fully saturated rings. The van der Waals surface area contributed by atoms with Crippen LogP contribution in [0.2, 0.25) is 0 Å². The standard InChI is InChI=1S/C40H24N4/c1-5-13-27(14-6-1)31-25-33-35(43-37(31)29-17-9-3-10-18-29)21-23-41-39(33)40-34-26-32(28-15-7-2-8-16-28)38(30-19-11-4-12-20-30)44-36(34)22-24-42-40/h1-2,5-26H. The summed E-state index contributed by atoms with van der Waals surface area (Å²) in [5, 5.41) is 1.86. The van der Waals surface area contributed by atoms with Crippen molar-refractivity contribution in [2.24, 2.45) is 0 Å². The second-order valence-electron chi connectivity index (χ2n) is 10.5. The van der Waals surface area contributed by atoms with Crippen molar-refractivity contribution in [1.82, 2.24) is 19.9 Å². The molecule has 4 aromatic carbocycles. The Morgan fingerprint density at radius 1 is 0.386 bits per heavy atom. The van der Waals surface area contributed by atoms with Crippen LogP contribution in [0.5, 0.6) is 0 Å². The van der Waals surface area contributed by atoms with Crippen LogP contribution in [-0.2, 0) is 0 Å². The first-order valence-electron chi connectivity index (χ1n) is 14.5. The maximum atomic E-state index is 5.21. The molecule has 0 N–H and O–H groups in total. The van der Waals surface area contributed by atoms with Crippen LogP contribution < -0.4 is 0 Å². The zero-order valence-corrected chi connectivity index (χ0v) is 23.6. The molecule has 0 amide bonds. The molecule has 44 heavy (non-hydrogen) atoms. The first-order valence-corrected chi connectivity index (χ1v) is 14.5. The fourth-order valence-corrected chi connectivity index (χ4v) is 5.77. The van der Waals surface area contributed by atoms with Crippen LogP contribution in [0.3, 0.4) is 0 Å². The molecule has 0 atom stereocenters.